The van der Waals surface area contributed by atoms with Crippen molar-refractivity contribution in [2.24, 2.45) is 0 Å². The Morgan fingerprint density at radius 3 is 2.04 bits per heavy atom. The third-order valence-electron chi connectivity index (χ3n) is 4.89. The second-order valence-corrected chi connectivity index (χ2v) is 9.36. The van der Waals surface area contributed by atoms with Crippen LogP contribution in [0.25, 0.3) is 0 Å². The van der Waals surface area contributed by atoms with E-state index < -0.39 is 38.1 Å². The van der Waals surface area contributed by atoms with Crippen molar-refractivity contribution < 1.29 is 26.4 Å². The van der Waals surface area contributed by atoms with Gasteiger partial charge in [0.2, 0.25) is 4.75 Å². The van der Waals surface area contributed by atoms with Crippen LogP contribution in [-0.2, 0) is 19.4 Å². The van der Waals surface area contributed by atoms with Crippen LogP contribution in [0.4, 0.5) is 13.2 Å². The lowest BCUT2D eigenvalue weighted by Gasteiger charge is -2.57. The molecule has 0 aromatic heterocycles. The van der Waals surface area contributed by atoms with E-state index in [-0.39, 0.29) is 11.1 Å². The zero-order valence-corrected chi connectivity index (χ0v) is 16.5. The van der Waals surface area contributed by atoms with Crippen molar-refractivity contribution in [2.75, 3.05) is 0 Å². The van der Waals surface area contributed by atoms with Gasteiger partial charge in [0.1, 0.15) is 0 Å². The van der Waals surface area contributed by atoms with Crippen molar-refractivity contribution in [1.29, 1.82) is 0 Å². The van der Waals surface area contributed by atoms with Crippen LogP contribution in [0.2, 0.25) is 5.02 Å². The van der Waals surface area contributed by atoms with Crippen LogP contribution in [0.15, 0.2) is 54.6 Å². The second-order valence-electron chi connectivity index (χ2n) is 6.81. The number of rotatable bonds is 4. The van der Waals surface area contributed by atoms with E-state index in [0.717, 1.165) is 0 Å². The van der Waals surface area contributed by atoms with Crippen LogP contribution in [0, 0.1) is 0 Å². The fourth-order valence-corrected chi connectivity index (χ4v) is 5.51. The predicted molar refractivity (Wildman–Crippen MR) is 99.3 cm³/mol. The number of hydrogen-bond acceptors (Lipinski definition) is 3. The first-order valence-corrected chi connectivity index (χ1v) is 10.3. The van der Waals surface area contributed by atoms with Crippen LogP contribution >= 0.6 is 11.6 Å². The largest absolute Gasteiger partial charge is 0.498 e. The molecule has 150 valence electrons. The highest BCUT2D eigenvalue weighted by Crippen LogP contribution is 2.59. The predicted octanol–water partition coefficient (Wildman–Crippen LogP) is 4.46. The molecule has 0 unspecified atom stereocenters. The van der Waals surface area contributed by atoms with Crippen LogP contribution < -0.4 is 0 Å². The summed E-state index contributed by atoms with van der Waals surface area (Å²) in [5, 5.41) is 0.342. The summed E-state index contributed by atoms with van der Waals surface area (Å²) in [7, 11) is -5.90. The molecule has 1 heterocycles. The van der Waals surface area contributed by atoms with E-state index in [0.29, 0.717) is 5.02 Å². The summed E-state index contributed by atoms with van der Waals surface area (Å²) in [6.45, 7) is 3.24. The number of carbonyl (C=O) groups excluding carboxylic acids is 1. The molecule has 0 N–H and O–H groups in total. The van der Waals surface area contributed by atoms with E-state index in [1.54, 1.807) is 13.8 Å². The van der Waals surface area contributed by atoms with E-state index in [2.05, 4.69) is 0 Å². The van der Waals surface area contributed by atoms with E-state index in [4.69, 9.17) is 11.6 Å². The highest BCUT2D eigenvalue weighted by Gasteiger charge is 2.76. The molecule has 28 heavy (non-hydrogen) atoms. The van der Waals surface area contributed by atoms with Gasteiger partial charge in [0, 0.05) is 11.1 Å². The fraction of sp³-hybridized carbons (Fsp3) is 0.316. The van der Waals surface area contributed by atoms with Gasteiger partial charge in [-0.1, -0.05) is 54.1 Å². The van der Waals surface area contributed by atoms with Crippen molar-refractivity contribution in [2.45, 2.75) is 36.2 Å². The normalized spacial score (nSPS) is 23.0. The lowest BCUT2D eigenvalue weighted by molar-refractivity contribution is -0.159. The Labute approximate surface area is 165 Å². The van der Waals surface area contributed by atoms with Gasteiger partial charge < -0.3 is 4.90 Å². The van der Waals surface area contributed by atoms with Crippen LogP contribution in [0.1, 0.15) is 31.0 Å². The van der Waals surface area contributed by atoms with E-state index >= 15 is 0 Å². The summed E-state index contributed by atoms with van der Waals surface area (Å²) in [6.07, 6.45) is 0. The summed E-state index contributed by atoms with van der Waals surface area (Å²) in [5.74, 6) is -1.09. The lowest BCUT2D eigenvalue weighted by Crippen LogP contribution is -2.72. The number of alkyl halides is 3. The number of carbonyl (C=O) groups is 1. The fourth-order valence-electron chi connectivity index (χ4n) is 3.70. The summed E-state index contributed by atoms with van der Waals surface area (Å²) >= 11 is 5.88. The summed E-state index contributed by atoms with van der Waals surface area (Å²) in [6, 6.07) is 10.8. The van der Waals surface area contributed by atoms with Gasteiger partial charge in [-0.2, -0.15) is 13.2 Å². The van der Waals surface area contributed by atoms with Gasteiger partial charge in [0.25, 0.3) is 15.7 Å². The highest BCUT2D eigenvalue weighted by molar-refractivity contribution is 7.94. The molecular formula is C19H17ClF3NO3S. The van der Waals surface area contributed by atoms with Crippen LogP contribution in [0.5, 0.6) is 0 Å². The maximum atomic E-state index is 13.7. The Hall–Kier alpha value is -2.06. The SMILES string of the molecule is CC(C)N1C(=O)[C@@](c2ccccc2)(S(=O)(=O)C(F)(F)F)[C@H]1c1ccc(Cl)cc1. The Balaban J connectivity index is 2.37. The molecule has 0 aliphatic carbocycles. The summed E-state index contributed by atoms with van der Waals surface area (Å²) in [4.78, 5) is 14.3. The number of β-lactam (4-membered cyclic amide) rings is 1. The molecule has 2 aromatic carbocycles. The molecule has 0 spiro atoms. The Kier molecular flexibility index (Phi) is 5.00. The van der Waals surface area contributed by atoms with E-state index in [1.807, 2.05) is 0 Å². The number of hydrogen-bond donors (Lipinski definition) is 0. The van der Waals surface area contributed by atoms with Gasteiger partial charge in [-0.25, -0.2) is 8.42 Å². The zero-order chi connectivity index (χ0) is 20.9. The molecule has 2 atom stereocenters. The van der Waals surface area contributed by atoms with Crippen molar-refractivity contribution in [1.82, 2.24) is 4.90 Å². The Morgan fingerprint density at radius 1 is 1.04 bits per heavy atom. The molecule has 2 aromatic rings. The van der Waals surface area contributed by atoms with Crippen molar-refractivity contribution in [3.63, 3.8) is 0 Å². The molecule has 9 heteroatoms. The van der Waals surface area contributed by atoms with Crippen LogP contribution in [0.3, 0.4) is 0 Å². The van der Waals surface area contributed by atoms with Gasteiger partial charge >= 0.3 is 5.51 Å². The maximum Gasteiger partial charge on any atom is 0.498 e. The van der Waals surface area contributed by atoms with E-state index in [1.165, 1.54) is 59.5 Å². The minimum atomic E-state index is -5.90. The number of sulfone groups is 1. The van der Waals surface area contributed by atoms with Crippen LogP contribution in [-0.4, -0.2) is 30.8 Å². The third-order valence-corrected chi connectivity index (χ3v) is 7.23. The number of likely N-dealkylation sites (tertiary alicyclic amines) is 1. The van der Waals surface area contributed by atoms with Crippen molar-refractivity contribution in [3.8, 4) is 0 Å². The molecule has 0 bridgehead atoms. The van der Waals surface area contributed by atoms with Gasteiger partial charge in [0.15, 0.2) is 0 Å². The Bertz CT molecular complexity index is 991. The van der Waals surface area contributed by atoms with Gasteiger partial charge in [-0.05, 0) is 37.1 Å². The number of benzene rings is 2. The van der Waals surface area contributed by atoms with Gasteiger partial charge in [-0.15, -0.1) is 0 Å². The molecule has 4 nitrogen and oxygen atoms in total. The zero-order valence-electron chi connectivity index (χ0n) is 14.9. The van der Waals surface area contributed by atoms with Crippen molar-refractivity contribution in [3.05, 3.63) is 70.7 Å². The first-order chi connectivity index (χ1) is 13.0. The topological polar surface area (TPSA) is 54.5 Å². The molecule has 0 radical (unpaired) electrons. The minimum Gasteiger partial charge on any atom is -0.329 e. The number of nitrogens with zero attached hydrogens (tertiary/aromatic N) is 1. The number of halogens is 4. The minimum absolute atomic E-state index is 0.214. The second kappa shape index (κ2) is 6.77. The third kappa shape index (κ3) is 2.73. The standard InChI is InChI=1S/C19H17ClF3NO3S/c1-12(2)24-16(13-8-10-15(20)11-9-13)18(17(24)25,14-6-4-3-5-7-14)28(26,27)19(21,22)23/h3-12,16H,1-2H3/t16-,18+/m1/s1. The molecule has 0 saturated carbocycles. The van der Waals surface area contributed by atoms with Gasteiger partial charge in [-0.3, -0.25) is 4.79 Å². The van der Waals surface area contributed by atoms with Gasteiger partial charge in [0.05, 0.1) is 6.04 Å². The average Bonchev–Trinajstić information content (AvgIpc) is 2.60. The first-order valence-electron chi connectivity index (χ1n) is 8.41. The quantitative estimate of drug-likeness (QED) is 0.671. The maximum absolute atomic E-state index is 13.7. The molecule has 1 saturated heterocycles. The monoisotopic (exact) mass is 431 g/mol. The highest BCUT2D eigenvalue weighted by atomic mass is 35.5. The molecule has 1 amide bonds. The van der Waals surface area contributed by atoms with Crippen molar-refractivity contribution >= 4 is 27.3 Å². The first kappa shape index (κ1) is 20.7. The number of amides is 1. The Morgan fingerprint density at radius 2 is 1.57 bits per heavy atom. The average molecular weight is 432 g/mol. The smallest absolute Gasteiger partial charge is 0.329 e. The van der Waals surface area contributed by atoms with E-state index in [9.17, 15) is 26.4 Å². The molecule has 1 aliphatic rings. The summed E-state index contributed by atoms with van der Waals surface area (Å²) in [5.41, 5.74) is -5.56. The molecule has 1 aliphatic heterocycles. The molecule has 1 fully saturated rings. The lowest BCUT2D eigenvalue weighted by atomic mass is 9.76. The molecule has 3 rings (SSSR count). The molecular weight excluding hydrogens is 415 g/mol. The summed E-state index contributed by atoms with van der Waals surface area (Å²) < 4.78 is 63.9.